The fourth-order valence-electron chi connectivity index (χ4n) is 3.00. The molecule has 26 heavy (non-hydrogen) atoms. The summed E-state index contributed by atoms with van der Waals surface area (Å²) in [6.07, 6.45) is 2.28. The molecule has 2 aromatic rings. The summed E-state index contributed by atoms with van der Waals surface area (Å²) in [5.41, 5.74) is 0.971. The third kappa shape index (κ3) is 5.87. The van der Waals surface area contributed by atoms with Gasteiger partial charge in [0.25, 0.3) is 0 Å². The predicted octanol–water partition coefficient (Wildman–Crippen LogP) is 3.83. The molecule has 0 aliphatic carbocycles. The maximum absolute atomic E-state index is 12.4. The second-order valence-corrected chi connectivity index (χ2v) is 7.49. The molecule has 4 nitrogen and oxygen atoms in total. The molecule has 0 radical (unpaired) electrons. The van der Waals surface area contributed by atoms with Crippen molar-refractivity contribution < 1.29 is 9.59 Å². The van der Waals surface area contributed by atoms with Gasteiger partial charge in [-0.3, -0.25) is 9.59 Å². The van der Waals surface area contributed by atoms with Crippen LogP contribution >= 0.6 is 0 Å². The number of carbonyl (C=O) groups is 2. The van der Waals surface area contributed by atoms with E-state index in [1.54, 1.807) is 6.92 Å². The molecule has 0 aliphatic heterocycles. The van der Waals surface area contributed by atoms with Crippen LogP contribution in [0.15, 0.2) is 42.5 Å². The van der Waals surface area contributed by atoms with Gasteiger partial charge in [0.15, 0.2) is 0 Å². The molecule has 0 bridgehead atoms. The molecule has 2 aromatic carbocycles. The standard InChI is InChI=1S/C22H30N2O2/c1-15(2)12-13-16(3)23-22(26)17(4)24-21(25)14-19-10-7-9-18-8-5-6-11-20(18)19/h5-11,15-17H,12-14H2,1-4H3,(H,23,26)(H,24,25). The van der Waals surface area contributed by atoms with E-state index in [4.69, 9.17) is 0 Å². The number of hydrogen-bond donors (Lipinski definition) is 2. The number of fused-ring (bicyclic) bond motifs is 1. The summed E-state index contributed by atoms with van der Waals surface area (Å²) in [6.45, 7) is 8.08. The Kier molecular flexibility index (Phi) is 7.19. The summed E-state index contributed by atoms with van der Waals surface area (Å²) in [6, 6.07) is 13.5. The summed E-state index contributed by atoms with van der Waals surface area (Å²) in [5, 5.41) is 7.98. The van der Waals surface area contributed by atoms with Gasteiger partial charge in [-0.05, 0) is 48.9 Å². The summed E-state index contributed by atoms with van der Waals surface area (Å²) < 4.78 is 0. The molecule has 2 unspecified atom stereocenters. The van der Waals surface area contributed by atoms with Crippen LogP contribution in [0, 0.1) is 5.92 Å². The molecule has 2 atom stereocenters. The Morgan fingerprint density at radius 2 is 1.58 bits per heavy atom. The maximum atomic E-state index is 12.4. The first-order valence-electron chi connectivity index (χ1n) is 9.43. The third-order valence-electron chi connectivity index (χ3n) is 4.57. The van der Waals surface area contributed by atoms with Crippen molar-refractivity contribution in [2.75, 3.05) is 0 Å². The number of hydrogen-bond acceptors (Lipinski definition) is 2. The van der Waals surface area contributed by atoms with Crippen LogP contribution in [0.4, 0.5) is 0 Å². The van der Waals surface area contributed by atoms with Crippen LogP contribution in [-0.4, -0.2) is 23.9 Å². The topological polar surface area (TPSA) is 58.2 Å². The van der Waals surface area contributed by atoms with E-state index in [1.165, 1.54) is 0 Å². The molecule has 2 amide bonds. The van der Waals surface area contributed by atoms with Crippen LogP contribution in [0.1, 0.15) is 46.1 Å². The number of nitrogens with one attached hydrogen (secondary N) is 2. The van der Waals surface area contributed by atoms with Crippen LogP contribution in [0.3, 0.4) is 0 Å². The normalized spacial score (nSPS) is 13.4. The Labute approximate surface area is 156 Å². The maximum Gasteiger partial charge on any atom is 0.242 e. The van der Waals surface area contributed by atoms with Gasteiger partial charge in [-0.25, -0.2) is 0 Å². The molecular formula is C22H30N2O2. The zero-order valence-electron chi connectivity index (χ0n) is 16.2. The van der Waals surface area contributed by atoms with Gasteiger partial charge < -0.3 is 10.6 Å². The van der Waals surface area contributed by atoms with Crippen molar-refractivity contribution in [3.63, 3.8) is 0 Å². The Balaban J connectivity index is 1.89. The lowest BCUT2D eigenvalue weighted by molar-refractivity contribution is -0.128. The van der Waals surface area contributed by atoms with Gasteiger partial charge in [0.05, 0.1) is 6.42 Å². The minimum atomic E-state index is -0.543. The number of carbonyl (C=O) groups excluding carboxylic acids is 2. The van der Waals surface area contributed by atoms with Gasteiger partial charge in [-0.15, -0.1) is 0 Å². The average Bonchev–Trinajstić information content (AvgIpc) is 2.60. The van der Waals surface area contributed by atoms with E-state index in [0.717, 1.165) is 29.2 Å². The van der Waals surface area contributed by atoms with E-state index in [9.17, 15) is 9.59 Å². The van der Waals surface area contributed by atoms with Crippen LogP contribution in [0.25, 0.3) is 10.8 Å². The van der Waals surface area contributed by atoms with Gasteiger partial charge in [-0.1, -0.05) is 56.3 Å². The zero-order valence-corrected chi connectivity index (χ0v) is 16.2. The van der Waals surface area contributed by atoms with Gasteiger partial charge in [0.2, 0.25) is 11.8 Å². The molecule has 2 rings (SSSR count). The zero-order chi connectivity index (χ0) is 19.1. The number of amides is 2. The fraction of sp³-hybridized carbons (Fsp3) is 0.455. The summed E-state index contributed by atoms with van der Waals surface area (Å²) >= 11 is 0. The van der Waals surface area contributed by atoms with E-state index >= 15 is 0 Å². The van der Waals surface area contributed by atoms with Crippen LogP contribution in [-0.2, 0) is 16.0 Å². The van der Waals surface area contributed by atoms with Crippen molar-refractivity contribution in [2.45, 2.75) is 59.0 Å². The molecule has 0 fully saturated rings. The highest BCUT2D eigenvalue weighted by Gasteiger charge is 2.18. The minimum absolute atomic E-state index is 0.113. The van der Waals surface area contributed by atoms with Crippen molar-refractivity contribution in [3.8, 4) is 0 Å². The van der Waals surface area contributed by atoms with E-state index in [2.05, 4.69) is 24.5 Å². The first-order chi connectivity index (χ1) is 12.4. The first kappa shape index (κ1) is 20.0. The SMILES string of the molecule is CC(C)CCC(C)NC(=O)C(C)NC(=O)Cc1cccc2ccccc12. The highest BCUT2D eigenvalue weighted by Crippen LogP contribution is 2.18. The van der Waals surface area contributed by atoms with E-state index < -0.39 is 6.04 Å². The smallest absolute Gasteiger partial charge is 0.242 e. The number of benzene rings is 2. The van der Waals surface area contributed by atoms with Crippen molar-refractivity contribution in [1.29, 1.82) is 0 Å². The highest BCUT2D eigenvalue weighted by atomic mass is 16.2. The molecule has 2 N–H and O–H groups in total. The fourth-order valence-corrected chi connectivity index (χ4v) is 3.00. The van der Waals surface area contributed by atoms with Crippen molar-refractivity contribution in [3.05, 3.63) is 48.0 Å². The van der Waals surface area contributed by atoms with Crippen LogP contribution in [0.5, 0.6) is 0 Å². The lowest BCUT2D eigenvalue weighted by atomic mass is 10.0. The lowest BCUT2D eigenvalue weighted by Gasteiger charge is -2.19. The van der Waals surface area contributed by atoms with Gasteiger partial charge in [0, 0.05) is 6.04 Å². The van der Waals surface area contributed by atoms with Crippen LogP contribution < -0.4 is 10.6 Å². The van der Waals surface area contributed by atoms with E-state index in [-0.39, 0.29) is 24.3 Å². The lowest BCUT2D eigenvalue weighted by Crippen LogP contribution is -2.47. The summed E-state index contributed by atoms with van der Waals surface area (Å²) in [5.74, 6) is 0.346. The molecule has 0 saturated heterocycles. The van der Waals surface area contributed by atoms with Crippen molar-refractivity contribution in [1.82, 2.24) is 10.6 Å². The van der Waals surface area contributed by atoms with Gasteiger partial charge in [0.1, 0.15) is 6.04 Å². The molecule has 0 aromatic heterocycles. The molecule has 0 spiro atoms. The van der Waals surface area contributed by atoms with E-state index in [0.29, 0.717) is 5.92 Å². The Morgan fingerprint density at radius 3 is 2.31 bits per heavy atom. The Hall–Kier alpha value is -2.36. The largest absolute Gasteiger partial charge is 0.352 e. The second kappa shape index (κ2) is 9.37. The Morgan fingerprint density at radius 1 is 0.885 bits per heavy atom. The highest BCUT2D eigenvalue weighted by molar-refractivity contribution is 5.92. The van der Waals surface area contributed by atoms with E-state index in [1.807, 2.05) is 49.4 Å². The summed E-state index contributed by atoms with van der Waals surface area (Å²) in [4.78, 5) is 24.7. The monoisotopic (exact) mass is 354 g/mol. The van der Waals surface area contributed by atoms with Gasteiger partial charge in [-0.2, -0.15) is 0 Å². The molecule has 140 valence electrons. The van der Waals surface area contributed by atoms with Crippen molar-refractivity contribution in [2.24, 2.45) is 5.92 Å². The molecule has 0 heterocycles. The molecule has 0 aliphatic rings. The first-order valence-corrected chi connectivity index (χ1v) is 9.43. The Bertz CT molecular complexity index is 749. The van der Waals surface area contributed by atoms with Crippen LogP contribution in [0.2, 0.25) is 0 Å². The van der Waals surface area contributed by atoms with Gasteiger partial charge >= 0.3 is 0 Å². The number of rotatable bonds is 8. The summed E-state index contributed by atoms with van der Waals surface area (Å²) in [7, 11) is 0. The third-order valence-corrected chi connectivity index (χ3v) is 4.57. The minimum Gasteiger partial charge on any atom is -0.352 e. The predicted molar refractivity (Wildman–Crippen MR) is 107 cm³/mol. The average molecular weight is 354 g/mol. The molecular weight excluding hydrogens is 324 g/mol. The molecule has 4 heteroatoms. The molecule has 0 saturated carbocycles. The second-order valence-electron chi connectivity index (χ2n) is 7.49. The van der Waals surface area contributed by atoms with Crippen molar-refractivity contribution >= 4 is 22.6 Å². The quantitative estimate of drug-likeness (QED) is 0.757.